The second kappa shape index (κ2) is 12.5. The van der Waals surface area contributed by atoms with Crippen LogP contribution in [0.2, 0.25) is 0 Å². The van der Waals surface area contributed by atoms with E-state index in [0.29, 0.717) is 0 Å². The van der Waals surface area contributed by atoms with Crippen molar-refractivity contribution >= 4 is 22.0 Å². The van der Waals surface area contributed by atoms with Crippen LogP contribution in [0, 0.1) is 5.92 Å². The number of rotatable bonds is 6. The van der Waals surface area contributed by atoms with Crippen molar-refractivity contribution in [2.45, 2.75) is 50.1 Å². The highest BCUT2D eigenvalue weighted by Gasteiger charge is 2.39. The predicted octanol–water partition coefficient (Wildman–Crippen LogP) is 2.29. The van der Waals surface area contributed by atoms with E-state index in [2.05, 4.69) is 20.7 Å². The van der Waals surface area contributed by atoms with Gasteiger partial charge in [-0.1, -0.05) is 6.07 Å². The van der Waals surface area contributed by atoms with Crippen molar-refractivity contribution in [1.29, 1.82) is 0 Å². The first-order chi connectivity index (χ1) is 15.9. The minimum absolute atomic E-state index is 0.0129. The van der Waals surface area contributed by atoms with E-state index < -0.39 is 34.3 Å². The lowest BCUT2D eigenvalue weighted by Crippen LogP contribution is -2.46. The van der Waals surface area contributed by atoms with Crippen LogP contribution in [0.3, 0.4) is 0 Å². The standard InChI is InChI=1S/C15H23N3O2S.2C2HF3O2/c1-21(19,20)17-14-6-8-18(11-12-4-5-12)15(14)9-13-3-2-7-16-10-13;2*3-2(4,5)1(6)7/h2-3,7,10,12,14-15,17H,4-6,8-9,11H2,1H3;2*(H,6,7)/t14-,15+;;/m1../s1. The van der Waals surface area contributed by atoms with E-state index in [0.717, 1.165) is 31.8 Å². The molecular formula is C19H25F6N3O6S. The van der Waals surface area contributed by atoms with Crippen molar-refractivity contribution in [3.05, 3.63) is 30.1 Å². The number of carbonyl (C=O) groups is 2. The molecule has 1 saturated carbocycles. The molecule has 2 fully saturated rings. The molecule has 0 spiro atoms. The lowest BCUT2D eigenvalue weighted by Gasteiger charge is -2.28. The normalized spacial score (nSPS) is 20.8. The molecule has 9 nitrogen and oxygen atoms in total. The summed E-state index contributed by atoms with van der Waals surface area (Å²) in [6.45, 7) is 2.08. The summed E-state index contributed by atoms with van der Waals surface area (Å²) in [7, 11) is -3.16. The highest BCUT2D eigenvalue weighted by molar-refractivity contribution is 7.88. The van der Waals surface area contributed by atoms with Crippen molar-refractivity contribution < 1.29 is 54.6 Å². The van der Waals surface area contributed by atoms with Crippen LogP contribution >= 0.6 is 0 Å². The molecule has 1 aliphatic carbocycles. The van der Waals surface area contributed by atoms with Gasteiger partial charge < -0.3 is 10.2 Å². The molecule has 1 saturated heterocycles. The molecule has 200 valence electrons. The number of pyridine rings is 1. The number of sulfonamides is 1. The van der Waals surface area contributed by atoms with Crippen molar-refractivity contribution in [2.75, 3.05) is 19.3 Å². The topological polar surface area (TPSA) is 137 Å². The number of aliphatic carboxylic acids is 2. The van der Waals surface area contributed by atoms with Crippen LogP contribution in [-0.4, -0.2) is 84.2 Å². The summed E-state index contributed by atoms with van der Waals surface area (Å²) in [5.74, 6) is -4.70. The summed E-state index contributed by atoms with van der Waals surface area (Å²) in [6.07, 6.45) is -0.881. The molecule has 2 atom stereocenters. The van der Waals surface area contributed by atoms with E-state index in [4.69, 9.17) is 19.8 Å². The summed E-state index contributed by atoms with van der Waals surface area (Å²) in [4.78, 5) is 24.4. The summed E-state index contributed by atoms with van der Waals surface area (Å²) < 4.78 is 89.5. The van der Waals surface area contributed by atoms with Crippen LogP contribution in [0.25, 0.3) is 0 Å². The lowest BCUT2D eigenvalue weighted by molar-refractivity contribution is -0.193. The van der Waals surface area contributed by atoms with E-state index in [-0.39, 0.29) is 12.1 Å². The molecule has 1 aliphatic heterocycles. The maximum Gasteiger partial charge on any atom is 0.490 e. The van der Waals surface area contributed by atoms with Crippen LogP contribution in [0.5, 0.6) is 0 Å². The number of carboxylic acids is 2. The number of likely N-dealkylation sites (tertiary alicyclic amines) is 1. The molecule has 35 heavy (non-hydrogen) atoms. The van der Waals surface area contributed by atoms with Gasteiger partial charge in [-0.15, -0.1) is 0 Å². The van der Waals surface area contributed by atoms with Crippen molar-refractivity contribution in [3.63, 3.8) is 0 Å². The van der Waals surface area contributed by atoms with Gasteiger partial charge in [-0.3, -0.25) is 9.88 Å². The van der Waals surface area contributed by atoms with E-state index in [1.165, 1.54) is 24.7 Å². The molecule has 3 rings (SSSR count). The summed E-state index contributed by atoms with van der Waals surface area (Å²) in [5.41, 5.74) is 1.17. The second-order valence-corrected chi connectivity index (χ2v) is 9.74. The van der Waals surface area contributed by atoms with Gasteiger partial charge in [-0.25, -0.2) is 22.7 Å². The summed E-state index contributed by atoms with van der Waals surface area (Å²) in [6, 6.07) is 4.26. The SMILES string of the molecule is CS(=O)(=O)N[C@@H]1CCN(CC2CC2)[C@H]1Cc1cccnc1.O=C(O)C(F)(F)F.O=C(O)C(F)(F)F. The van der Waals surface area contributed by atoms with Crippen molar-refractivity contribution in [3.8, 4) is 0 Å². The minimum Gasteiger partial charge on any atom is -0.475 e. The molecule has 0 radical (unpaired) electrons. The van der Waals surface area contributed by atoms with Gasteiger partial charge in [0.15, 0.2) is 0 Å². The highest BCUT2D eigenvalue weighted by Crippen LogP contribution is 2.33. The van der Waals surface area contributed by atoms with Crippen molar-refractivity contribution in [1.82, 2.24) is 14.6 Å². The van der Waals surface area contributed by atoms with Gasteiger partial charge in [0.05, 0.1) is 6.26 Å². The zero-order chi connectivity index (χ0) is 27.0. The van der Waals surface area contributed by atoms with E-state index in [1.807, 2.05) is 12.3 Å². The predicted molar refractivity (Wildman–Crippen MR) is 110 cm³/mol. The number of hydrogen-bond acceptors (Lipinski definition) is 6. The Labute approximate surface area is 197 Å². The van der Waals surface area contributed by atoms with Gasteiger partial charge in [0.25, 0.3) is 0 Å². The number of alkyl halides is 6. The highest BCUT2D eigenvalue weighted by atomic mass is 32.2. The van der Waals surface area contributed by atoms with Gasteiger partial charge in [0, 0.05) is 37.6 Å². The van der Waals surface area contributed by atoms with Crippen molar-refractivity contribution in [2.24, 2.45) is 5.92 Å². The average Bonchev–Trinajstić information content (AvgIpc) is 3.45. The maximum absolute atomic E-state index is 11.6. The number of aromatic nitrogens is 1. The zero-order valence-electron chi connectivity index (χ0n) is 18.4. The molecule has 2 heterocycles. The third kappa shape index (κ3) is 12.7. The first kappa shape index (κ1) is 30.6. The van der Waals surface area contributed by atoms with Gasteiger partial charge in [-0.2, -0.15) is 26.3 Å². The molecule has 16 heteroatoms. The van der Waals surface area contributed by atoms with Gasteiger partial charge in [-0.05, 0) is 43.2 Å². The van der Waals surface area contributed by atoms with Crippen LogP contribution in [0.1, 0.15) is 24.8 Å². The Hall–Kier alpha value is -2.46. The monoisotopic (exact) mass is 537 g/mol. The van der Waals surface area contributed by atoms with Crippen LogP contribution in [0.15, 0.2) is 24.5 Å². The Morgan fingerprint density at radius 3 is 1.97 bits per heavy atom. The molecule has 1 aromatic rings. The average molecular weight is 537 g/mol. The number of nitrogens with one attached hydrogen (secondary N) is 1. The fourth-order valence-corrected chi connectivity index (χ4v) is 4.05. The number of nitrogens with zero attached hydrogens (tertiary/aromatic N) is 2. The third-order valence-electron chi connectivity index (χ3n) is 4.87. The molecule has 0 bridgehead atoms. The van der Waals surface area contributed by atoms with Gasteiger partial charge in [0.2, 0.25) is 10.0 Å². The minimum atomic E-state index is -5.08. The Balaban J connectivity index is 0.000000362. The second-order valence-electron chi connectivity index (χ2n) is 7.96. The molecule has 3 N–H and O–H groups in total. The molecule has 0 aromatic carbocycles. The van der Waals surface area contributed by atoms with Gasteiger partial charge in [0.1, 0.15) is 0 Å². The number of hydrogen-bond donors (Lipinski definition) is 3. The molecular weight excluding hydrogens is 512 g/mol. The Kier molecular flexibility index (Phi) is 10.9. The quantitative estimate of drug-likeness (QED) is 0.471. The van der Waals surface area contributed by atoms with Crippen LogP contribution in [0.4, 0.5) is 26.3 Å². The van der Waals surface area contributed by atoms with E-state index in [9.17, 15) is 34.8 Å². The Bertz CT molecular complexity index is 915. The van der Waals surface area contributed by atoms with E-state index in [1.54, 1.807) is 6.20 Å². The maximum atomic E-state index is 11.6. The van der Waals surface area contributed by atoms with Crippen LogP contribution in [-0.2, 0) is 26.0 Å². The molecule has 0 unspecified atom stereocenters. The number of carboxylic acid groups (broad SMARTS) is 2. The first-order valence-corrected chi connectivity index (χ1v) is 12.0. The lowest BCUT2D eigenvalue weighted by atomic mass is 10.0. The number of halogens is 6. The fraction of sp³-hybridized carbons (Fsp3) is 0.632. The third-order valence-corrected chi connectivity index (χ3v) is 5.60. The Morgan fingerprint density at radius 2 is 1.60 bits per heavy atom. The smallest absolute Gasteiger partial charge is 0.475 e. The van der Waals surface area contributed by atoms with Gasteiger partial charge >= 0.3 is 24.3 Å². The molecule has 2 aliphatic rings. The molecule has 0 amide bonds. The summed E-state index contributed by atoms with van der Waals surface area (Å²) in [5, 5.41) is 14.2. The Morgan fingerprint density at radius 1 is 1.09 bits per heavy atom. The molecule has 1 aromatic heterocycles. The fourth-order valence-electron chi connectivity index (χ4n) is 3.22. The first-order valence-electron chi connectivity index (χ1n) is 10.1. The zero-order valence-corrected chi connectivity index (χ0v) is 19.2. The van der Waals surface area contributed by atoms with E-state index >= 15 is 0 Å². The largest absolute Gasteiger partial charge is 0.490 e. The van der Waals surface area contributed by atoms with Crippen LogP contribution < -0.4 is 4.72 Å². The summed E-state index contributed by atoms with van der Waals surface area (Å²) >= 11 is 0.